The highest BCUT2D eigenvalue weighted by Crippen LogP contribution is 2.33. The molecule has 0 atom stereocenters. The topological polar surface area (TPSA) is 39.1 Å². The summed E-state index contributed by atoms with van der Waals surface area (Å²) in [5, 5.41) is 0.964. The number of carbonyl (C=O) groups excluding carboxylic acids is 2. The fraction of sp³-hybridized carbons (Fsp3) is 0.0476. The van der Waals surface area contributed by atoms with Gasteiger partial charge in [-0.3, -0.25) is 9.59 Å². The maximum atomic E-state index is 12.9. The van der Waals surface area contributed by atoms with E-state index in [-0.39, 0.29) is 11.6 Å². The molecule has 0 saturated carbocycles. The maximum absolute atomic E-state index is 12.9. The van der Waals surface area contributed by atoms with Gasteiger partial charge >= 0.3 is 0 Å². The number of benzene rings is 2. The Morgan fingerprint density at radius 1 is 0.917 bits per heavy atom. The molecule has 3 nitrogen and oxygen atoms in total. The largest absolute Gasteiger partial charge is 0.343 e. The molecular weight excluding hydrogens is 298 g/mol. The van der Waals surface area contributed by atoms with Crippen LogP contribution in [0.15, 0.2) is 73.5 Å². The number of nitrogens with zero attached hydrogens (tertiary/aromatic N) is 1. The van der Waals surface area contributed by atoms with Gasteiger partial charge in [-0.15, -0.1) is 6.58 Å². The summed E-state index contributed by atoms with van der Waals surface area (Å²) < 4.78 is 2.04. The minimum absolute atomic E-state index is 0.105. The Hall–Kier alpha value is -3.20. The lowest BCUT2D eigenvalue weighted by Gasteiger charge is -2.14. The van der Waals surface area contributed by atoms with Gasteiger partial charge in [-0.2, -0.15) is 0 Å². The van der Waals surface area contributed by atoms with Crippen LogP contribution < -0.4 is 0 Å². The minimum atomic E-state index is -0.124. The van der Waals surface area contributed by atoms with Crippen molar-refractivity contribution in [3.05, 3.63) is 90.1 Å². The Labute approximate surface area is 139 Å². The second-order valence-corrected chi connectivity index (χ2v) is 5.80. The quantitative estimate of drug-likeness (QED) is 0.677. The lowest BCUT2D eigenvalue weighted by molar-refractivity contribution is 0.100. The fourth-order valence-electron chi connectivity index (χ4n) is 3.27. The van der Waals surface area contributed by atoms with Crippen LogP contribution in [0.4, 0.5) is 0 Å². The highest BCUT2D eigenvalue weighted by atomic mass is 16.1. The van der Waals surface area contributed by atoms with E-state index in [0.29, 0.717) is 23.2 Å². The molecule has 1 aromatic heterocycles. The summed E-state index contributed by atoms with van der Waals surface area (Å²) >= 11 is 0. The average Bonchev–Trinajstić information content (AvgIpc) is 2.97. The van der Waals surface area contributed by atoms with E-state index >= 15 is 0 Å². The second-order valence-electron chi connectivity index (χ2n) is 5.80. The summed E-state index contributed by atoms with van der Waals surface area (Å²) in [7, 11) is 0. The zero-order chi connectivity index (χ0) is 16.7. The van der Waals surface area contributed by atoms with Crippen molar-refractivity contribution in [2.24, 2.45) is 0 Å². The number of para-hydroxylation sites is 1. The van der Waals surface area contributed by atoms with E-state index in [1.807, 2.05) is 41.1 Å². The predicted molar refractivity (Wildman–Crippen MR) is 95.2 cm³/mol. The molecule has 0 aliphatic heterocycles. The number of fused-ring (bicyclic) bond motifs is 2. The zero-order valence-corrected chi connectivity index (χ0v) is 13.0. The Kier molecular flexibility index (Phi) is 3.28. The molecule has 0 radical (unpaired) electrons. The smallest absolute Gasteiger partial charge is 0.194 e. The van der Waals surface area contributed by atoms with Crippen LogP contribution in [0.5, 0.6) is 0 Å². The third kappa shape index (κ3) is 2.06. The van der Waals surface area contributed by atoms with E-state index in [0.717, 1.165) is 16.5 Å². The molecule has 3 aromatic rings. The Morgan fingerprint density at radius 3 is 2.42 bits per heavy atom. The Bertz CT molecular complexity index is 1040. The number of allylic oxidation sites excluding steroid dienone is 3. The van der Waals surface area contributed by atoms with Crippen molar-refractivity contribution in [1.29, 1.82) is 0 Å². The summed E-state index contributed by atoms with van der Waals surface area (Å²) in [5.41, 5.74) is 3.21. The van der Waals surface area contributed by atoms with E-state index in [1.54, 1.807) is 24.3 Å². The fourth-order valence-corrected chi connectivity index (χ4v) is 3.27. The van der Waals surface area contributed by atoms with Crippen LogP contribution in [0.3, 0.4) is 0 Å². The number of carbonyl (C=O) groups is 2. The van der Waals surface area contributed by atoms with Crippen LogP contribution in [0.2, 0.25) is 0 Å². The van der Waals surface area contributed by atoms with E-state index in [4.69, 9.17) is 0 Å². The third-order valence-corrected chi connectivity index (χ3v) is 4.36. The molecule has 0 unspecified atom stereocenters. The van der Waals surface area contributed by atoms with Gasteiger partial charge in [0, 0.05) is 45.9 Å². The third-order valence-electron chi connectivity index (χ3n) is 4.36. The molecule has 0 fully saturated rings. The second kappa shape index (κ2) is 5.46. The molecule has 0 bridgehead atoms. The summed E-state index contributed by atoms with van der Waals surface area (Å²) in [6, 6.07) is 14.9. The molecule has 1 aliphatic carbocycles. The lowest BCUT2D eigenvalue weighted by atomic mass is 9.86. The molecule has 0 amide bonds. The predicted octanol–water partition coefficient (Wildman–Crippen LogP) is 4.29. The summed E-state index contributed by atoms with van der Waals surface area (Å²) in [4.78, 5) is 25.4. The van der Waals surface area contributed by atoms with Gasteiger partial charge in [0.15, 0.2) is 11.6 Å². The first-order valence-corrected chi connectivity index (χ1v) is 7.79. The first-order chi connectivity index (χ1) is 11.7. The number of hydrogen-bond acceptors (Lipinski definition) is 2. The number of aromatic nitrogens is 1. The molecular formula is C21H15NO2. The zero-order valence-electron chi connectivity index (χ0n) is 13.0. The SMILES string of the molecule is C=CCn1cc(C2=CC(=O)c3ccccc3C2=O)c2ccccc21. The first-order valence-electron chi connectivity index (χ1n) is 7.79. The standard InChI is InChI=1S/C21H15NO2/c1-2-11-22-13-18(14-7-5-6-10-19(14)22)17-12-20(23)15-8-3-4-9-16(15)21(17)24/h2-10,12-13H,1,11H2. The van der Waals surface area contributed by atoms with Crippen molar-refractivity contribution < 1.29 is 9.59 Å². The van der Waals surface area contributed by atoms with Crippen molar-refractivity contribution >= 4 is 28.0 Å². The van der Waals surface area contributed by atoms with Gasteiger partial charge < -0.3 is 4.57 Å². The van der Waals surface area contributed by atoms with Gasteiger partial charge in [0.1, 0.15) is 0 Å². The van der Waals surface area contributed by atoms with Gasteiger partial charge in [-0.25, -0.2) is 0 Å². The monoisotopic (exact) mass is 313 g/mol. The molecule has 0 saturated heterocycles. The number of Topliss-reactive ketones (excluding diaryl/α,β-unsaturated/α-hetero) is 1. The number of hydrogen-bond donors (Lipinski definition) is 0. The summed E-state index contributed by atoms with van der Waals surface area (Å²) in [6.07, 6.45) is 5.20. The number of ketones is 2. The highest BCUT2D eigenvalue weighted by molar-refractivity contribution is 6.39. The van der Waals surface area contributed by atoms with Crippen molar-refractivity contribution in [3.63, 3.8) is 0 Å². The van der Waals surface area contributed by atoms with E-state index < -0.39 is 0 Å². The molecule has 3 heteroatoms. The molecule has 0 spiro atoms. The molecule has 0 N–H and O–H groups in total. The van der Waals surface area contributed by atoms with E-state index in [1.165, 1.54) is 6.08 Å². The van der Waals surface area contributed by atoms with Crippen LogP contribution in [-0.2, 0) is 6.54 Å². The van der Waals surface area contributed by atoms with Gasteiger partial charge in [0.25, 0.3) is 0 Å². The van der Waals surface area contributed by atoms with E-state index in [9.17, 15) is 9.59 Å². The van der Waals surface area contributed by atoms with Gasteiger partial charge in [0.05, 0.1) is 0 Å². The van der Waals surface area contributed by atoms with Crippen molar-refractivity contribution in [2.75, 3.05) is 0 Å². The molecule has 116 valence electrons. The van der Waals surface area contributed by atoms with Crippen LogP contribution in [-0.4, -0.2) is 16.1 Å². The van der Waals surface area contributed by atoms with Crippen molar-refractivity contribution in [2.45, 2.75) is 6.54 Å². The van der Waals surface area contributed by atoms with Gasteiger partial charge in [-0.1, -0.05) is 48.5 Å². The highest BCUT2D eigenvalue weighted by Gasteiger charge is 2.27. The maximum Gasteiger partial charge on any atom is 0.194 e. The molecule has 1 aliphatic rings. The van der Waals surface area contributed by atoms with Crippen LogP contribution >= 0.6 is 0 Å². The minimum Gasteiger partial charge on any atom is -0.343 e. The number of rotatable bonds is 3. The van der Waals surface area contributed by atoms with Crippen molar-refractivity contribution in [3.8, 4) is 0 Å². The lowest BCUT2D eigenvalue weighted by Crippen LogP contribution is -2.15. The Morgan fingerprint density at radius 2 is 1.62 bits per heavy atom. The molecule has 24 heavy (non-hydrogen) atoms. The van der Waals surface area contributed by atoms with Crippen molar-refractivity contribution in [1.82, 2.24) is 4.57 Å². The molecule has 4 rings (SSSR count). The summed E-state index contributed by atoms with van der Waals surface area (Å²) in [6.45, 7) is 4.43. The average molecular weight is 313 g/mol. The van der Waals surface area contributed by atoms with Gasteiger partial charge in [0.2, 0.25) is 0 Å². The normalized spacial score (nSPS) is 13.8. The summed E-state index contributed by atoms with van der Waals surface area (Å²) in [5.74, 6) is -0.229. The van der Waals surface area contributed by atoms with Gasteiger partial charge in [-0.05, 0) is 12.1 Å². The van der Waals surface area contributed by atoms with Crippen LogP contribution in [0.1, 0.15) is 26.3 Å². The van der Waals surface area contributed by atoms with E-state index in [2.05, 4.69) is 6.58 Å². The van der Waals surface area contributed by atoms with Crippen LogP contribution in [0.25, 0.3) is 16.5 Å². The molecule has 1 heterocycles. The molecule has 2 aromatic carbocycles. The first kappa shape index (κ1) is 14.4. The Balaban J connectivity index is 1.94. The van der Waals surface area contributed by atoms with Crippen LogP contribution in [0, 0.1) is 0 Å².